The Hall–Kier alpha value is -3.62. The molecule has 2 atom stereocenters. The summed E-state index contributed by atoms with van der Waals surface area (Å²) in [5.74, 6) is 1.42. The second kappa shape index (κ2) is 7.90. The number of carbonyl (C=O) groups excluding carboxylic acids is 2. The lowest BCUT2D eigenvalue weighted by Crippen LogP contribution is -2.49. The Bertz CT molecular complexity index is 1060. The van der Waals surface area contributed by atoms with E-state index in [1.807, 2.05) is 46.0 Å². The Kier molecular flexibility index (Phi) is 4.93. The summed E-state index contributed by atoms with van der Waals surface area (Å²) in [6.07, 6.45) is 4.94. The van der Waals surface area contributed by atoms with E-state index in [9.17, 15) is 9.59 Å². The number of para-hydroxylation sites is 1. The molecule has 31 heavy (non-hydrogen) atoms. The fourth-order valence-corrected chi connectivity index (χ4v) is 4.68. The van der Waals surface area contributed by atoms with Gasteiger partial charge < -0.3 is 20.0 Å². The molecular weight excluding hydrogens is 396 g/mol. The molecule has 9 nitrogen and oxygen atoms in total. The lowest BCUT2D eigenvalue weighted by molar-refractivity contribution is -0.130. The van der Waals surface area contributed by atoms with Crippen molar-refractivity contribution in [1.82, 2.24) is 25.0 Å². The van der Waals surface area contributed by atoms with Gasteiger partial charge in [0.1, 0.15) is 17.9 Å². The number of fused-ring (bicyclic) bond motifs is 1. The monoisotopic (exact) mass is 420 g/mol. The Balaban J connectivity index is 1.34. The molecule has 160 valence electrons. The van der Waals surface area contributed by atoms with Gasteiger partial charge in [-0.2, -0.15) is 5.10 Å². The first kappa shape index (κ1) is 19.3. The Morgan fingerprint density at radius 1 is 1.13 bits per heavy atom. The molecule has 1 fully saturated rings. The molecule has 9 heteroatoms. The number of amides is 3. The Labute approximate surface area is 179 Å². The van der Waals surface area contributed by atoms with Crippen molar-refractivity contribution in [3.63, 3.8) is 0 Å². The van der Waals surface area contributed by atoms with Gasteiger partial charge in [-0.25, -0.2) is 14.5 Å². The van der Waals surface area contributed by atoms with Crippen LogP contribution in [0.2, 0.25) is 0 Å². The van der Waals surface area contributed by atoms with Gasteiger partial charge in [0.15, 0.2) is 0 Å². The number of aromatic nitrogens is 3. The van der Waals surface area contributed by atoms with Crippen molar-refractivity contribution >= 4 is 17.6 Å². The Morgan fingerprint density at radius 2 is 1.97 bits per heavy atom. The van der Waals surface area contributed by atoms with Crippen LogP contribution in [0.3, 0.4) is 0 Å². The minimum atomic E-state index is -0.339. The van der Waals surface area contributed by atoms with Gasteiger partial charge in [0.25, 0.3) is 0 Å². The normalized spacial score (nSPS) is 22.3. The topological polar surface area (TPSA) is 105 Å². The van der Waals surface area contributed by atoms with Crippen LogP contribution in [0, 0.1) is 5.41 Å². The zero-order valence-electron chi connectivity index (χ0n) is 17.0. The van der Waals surface area contributed by atoms with Gasteiger partial charge in [0.2, 0.25) is 5.91 Å². The summed E-state index contributed by atoms with van der Waals surface area (Å²) in [4.78, 5) is 32.0. The average Bonchev–Trinajstić information content (AvgIpc) is 3.52. The zero-order chi connectivity index (χ0) is 21.3. The molecule has 0 bridgehead atoms. The number of rotatable bonds is 4. The van der Waals surface area contributed by atoms with E-state index in [1.54, 1.807) is 12.3 Å². The number of anilines is 1. The third-order valence-corrected chi connectivity index (χ3v) is 6.29. The van der Waals surface area contributed by atoms with Crippen LogP contribution in [0.4, 0.5) is 10.5 Å². The van der Waals surface area contributed by atoms with Crippen LogP contribution in [0.15, 0.2) is 59.5 Å². The zero-order valence-corrected chi connectivity index (χ0v) is 17.0. The van der Waals surface area contributed by atoms with Crippen molar-refractivity contribution in [3.05, 3.63) is 66.6 Å². The third-order valence-electron chi connectivity index (χ3n) is 6.29. The van der Waals surface area contributed by atoms with Crippen LogP contribution < -0.4 is 10.6 Å². The third kappa shape index (κ3) is 3.78. The van der Waals surface area contributed by atoms with Crippen molar-refractivity contribution in [2.24, 2.45) is 5.41 Å². The molecule has 0 radical (unpaired) electrons. The quantitative estimate of drug-likeness (QED) is 0.675. The SMILES string of the molecule is O=C(Nc1ccccc1)N[C@@H]1c2ncnn2CC[C@]12CCN(C(=O)Cc1ccco1)C2. The fraction of sp³-hybridized carbons (Fsp3) is 0.364. The molecule has 1 spiro atoms. The summed E-state index contributed by atoms with van der Waals surface area (Å²) in [6.45, 7) is 1.93. The number of nitrogens with one attached hydrogen (secondary N) is 2. The lowest BCUT2D eigenvalue weighted by Gasteiger charge is -2.40. The molecule has 0 unspecified atom stereocenters. The highest BCUT2D eigenvalue weighted by Crippen LogP contribution is 2.47. The molecule has 1 saturated heterocycles. The molecule has 1 aromatic carbocycles. The molecule has 2 aliphatic heterocycles. The average molecular weight is 420 g/mol. The van der Waals surface area contributed by atoms with Crippen LogP contribution in [-0.2, 0) is 17.8 Å². The van der Waals surface area contributed by atoms with Crippen LogP contribution in [0.5, 0.6) is 0 Å². The molecule has 4 heterocycles. The second-order valence-electron chi connectivity index (χ2n) is 8.17. The molecule has 3 aromatic rings. The van der Waals surface area contributed by atoms with Crippen LogP contribution in [-0.4, -0.2) is 44.7 Å². The number of benzene rings is 1. The van der Waals surface area contributed by atoms with Gasteiger partial charge in [0.05, 0.1) is 18.7 Å². The first-order chi connectivity index (χ1) is 15.1. The van der Waals surface area contributed by atoms with Gasteiger partial charge in [-0.05, 0) is 37.1 Å². The smallest absolute Gasteiger partial charge is 0.319 e. The maximum absolute atomic E-state index is 12.8. The van der Waals surface area contributed by atoms with E-state index >= 15 is 0 Å². The molecule has 0 aliphatic carbocycles. The number of nitrogens with zero attached hydrogens (tertiary/aromatic N) is 4. The lowest BCUT2D eigenvalue weighted by atomic mass is 9.74. The van der Waals surface area contributed by atoms with E-state index in [0.29, 0.717) is 31.1 Å². The van der Waals surface area contributed by atoms with E-state index in [2.05, 4.69) is 20.7 Å². The van der Waals surface area contributed by atoms with Crippen molar-refractivity contribution < 1.29 is 14.0 Å². The number of urea groups is 1. The highest BCUT2D eigenvalue weighted by atomic mass is 16.3. The minimum absolute atomic E-state index is 0.0337. The molecule has 5 rings (SSSR count). The molecular formula is C22H24N6O3. The fourth-order valence-electron chi connectivity index (χ4n) is 4.68. The Morgan fingerprint density at radius 3 is 2.77 bits per heavy atom. The van der Waals surface area contributed by atoms with Crippen molar-refractivity contribution in [2.45, 2.75) is 31.8 Å². The van der Waals surface area contributed by atoms with Gasteiger partial charge >= 0.3 is 6.03 Å². The molecule has 2 N–H and O–H groups in total. The van der Waals surface area contributed by atoms with E-state index in [4.69, 9.17) is 4.42 Å². The van der Waals surface area contributed by atoms with E-state index < -0.39 is 0 Å². The number of hydrogen-bond donors (Lipinski definition) is 2. The van der Waals surface area contributed by atoms with Crippen LogP contribution in [0.25, 0.3) is 0 Å². The number of aryl methyl sites for hydroxylation is 1. The van der Waals surface area contributed by atoms with Crippen LogP contribution >= 0.6 is 0 Å². The number of furan rings is 1. The summed E-state index contributed by atoms with van der Waals surface area (Å²) in [7, 11) is 0. The van der Waals surface area contributed by atoms with Gasteiger partial charge in [0, 0.05) is 30.7 Å². The highest BCUT2D eigenvalue weighted by Gasteiger charge is 2.50. The summed E-state index contributed by atoms with van der Waals surface area (Å²) in [5, 5.41) is 10.3. The highest BCUT2D eigenvalue weighted by molar-refractivity contribution is 5.89. The molecule has 2 aliphatic rings. The first-order valence-corrected chi connectivity index (χ1v) is 10.4. The first-order valence-electron chi connectivity index (χ1n) is 10.4. The summed E-state index contributed by atoms with van der Waals surface area (Å²) in [5.41, 5.74) is 0.434. The number of carbonyl (C=O) groups is 2. The minimum Gasteiger partial charge on any atom is -0.469 e. The molecule has 3 amide bonds. The van der Waals surface area contributed by atoms with E-state index in [-0.39, 0.29) is 29.8 Å². The van der Waals surface area contributed by atoms with Crippen molar-refractivity contribution in [2.75, 3.05) is 18.4 Å². The van der Waals surface area contributed by atoms with Gasteiger partial charge in [-0.3, -0.25) is 4.79 Å². The van der Waals surface area contributed by atoms with Gasteiger partial charge in [-0.15, -0.1) is 0 Å². The largest absolute Gasteiger partial charge is 0.469 e. The predicted molar refractivity (Wildman–Crippen MR) is 112 cm³/mol. The summed E-state index contributed by atoms with van der Waals surface area (Å²) < 4.78 is 7.17. The maximum atomic E-state index is 12.8. The standard InChI is InChI=1S/C22H24N6O3/c29-18(13-17-7-4-12-31-17)27-10-8-22(14-27)9-11-28-20(23-15-24-28)19(22)26-21(30)25-16-5-2-1-3-6-16/h1-7,12,15,19H,8-11,13-14H2,(H2,25,26,30)/t19-,22+/m1/s1. The summed E-state index contributed by atoms with van der Waals surface area (Å²) >= 11 is 0. The van der Waals surface area contributed by atoms with E-state index in [1.165, 1.54) is 6.33 Å². The molecule has 2 aromatic heterocycles. The van der Waals surface area contributed by atoms with Gasteiger partial charge in [-0.1, -0.05) is 18.2 Å². The maximum Gasteiger partial charge on any atom is 0.319 e. The van der Waals surface area contributed by atoms with E-state index in [0.717, 1.165) is 18.7 Å². The summed E-state index contributed by atoms with van der Waals surface area (Å²) in [6, 6.07) is 12.3. The van der Waals surface area contributed by atoms with Crippen molar-refractivity contribution in [1.29, 1.82) is 0 Å². The predicted octanol–water partition coefficient (Wildman–Crippen LogP) is 2.60. The molecule has 0 saturated carbocycles. The van der Waals surface area contributed by atoms with Crippen molar-refractivity contribution in [3.8, 4) is 0 Å². The number of likely N-dealkylation sites (tertiary alicyclic amines) is 1. The van der Waals surface area contributed by atoms with Crippen LogP contribution in [0.1, 0.15) is 30.5 Å². The number of hydrogen-bond acceptors (Lipinski definition) is 5. The second-order valence-corrected chi connectivity index (χ2v) is 8.17.